The maximum atomic E-state index is 14.5. The molecule has 42 heteroatoms. The predicted octanol–water partition coefficient (Wildman–Crippen LogP) is -4.48. The summed E-state index contributed by atoms with van der Waals surface area (Å²) in [6.07, 6.45) is 4.54. The number of H-pyrrole nitrogens is 2. The summed E-state index contributed by atoms with van der Waals surface area (Å²) in [7, 11) is 0. The van der Waals surface area contributed by atoms with Gasteiger partial charge in [0.1, 0.15) is 78.3 Å². The average Bonchev–Trinajstić information content (AvgIpc) is 1.69. The van der Waals surface area contributed by atoms with Crippen molar-refractivity contribution in [3.63, 3.8) is 0 Å². The second-order valence-electron chi connectivity index (χ2n) is 28.0. The van der Waals surface area contributed by atoms with E-state index in [0.717, 1.165) is 10.9 Å². The van der Waals surface area contributed by atoms with Crippen molar-refractivity contribution in [3.05, 3.63) is 102 Å². The maximum absolute atomic E-state index is 14.5. The molecule has 0 radical (unpaired) electrons. The summed E-state index contributed by atoms with van der Waals surface area (Å²) < 4.78 is 0. The van der Waals surface area contributed by atoms with E-state index in [0.29, 0.717) is 27.6 Å². The van der Waals surface area contributed by atoms with Crippen LogP contribution in [-0.2, 0) is 101 Å². The molecular weight excluding hydrogens is 1580 g/mol. The van der Waals surface area contributed by atoms with Gasteiger partial charge in [0.15, 0.2) is 0 Å². The minimum absolute atomic E-state index is 0.0150. The highest BCUT2D eigenvalue weighted by Gasteiger charge is 2.37. The number of carboxylic acids is 1. The Labute approximate surface area is 687 Å². The summed E-state index contributed by atoms with van der Waals surface area (Å²) in [5.41, 5.74) is 20.4. The average molecular weight is 1690 g/mol. The molecule has 5 rings (SSSR count). The van der Waals surface area contributed by atoms with Crippen molar-refractivity contribution in [1.29, 1.82) is 0 Å². The molecule has 25 N–H and O–H groups in total. The summed E-state index contributed by atoms with van der Waals surface area (Å²) >= 11 is 6.67. The van der Waals surface area contributed by atoms with Gasteiger partial charge in [-0.25, -0.2) is 4.79 Å². The van der Waals surface area contributed by atoms with Crippen LogP contribution >= 0.6 is 36.2 Å². The van der Waals surface area contributed by atoms with Crippen LogP contribution in [0.25, 0.3) is 21.8 Å². The molecule has 39 nitrogen and oxygen atoms in total. The number of nitrogens with two attached hydrogens (primary N) is 3. The third kappa shape index (κ3) is 31.9. The van der Waals surface area contributed by atoms with E-state index in [1.165, 1.54) is 56.4 Å². The number of para-hydroxylation sites is 2. The highest BCUT2D eigenvalue weighted by atomic mass is 32.2. The molecule has 0 unspecified atom stereocenters. The number of aromatic hydroxyl groups is 1. The van der Waals surface area contributed by atoms with Crippen LogP contribution in [0.1, 0.15) is 89.8 Å². The number of carbonyl (C=O) groups excluding carboxylic acids is 16. The van der Waals surface area contributed by atoms with Gasteiger partial charge in [0.2, 0.25) is 94.5 Å². The first-order chi connectivity index (χ1) is 55.4. The van der Waals surface area contributed by atoms with Gasteiger partial charge < -0.3 is 117 Å². The lowest BCUT2D eigenvalue weighted by molar-refractivity contribution is -0.141. The van der Waals surface area contributed by atoms with Gasteiger partial charge in [0, 0.05) is 59.2 Å². The summed E-state index contributed by atoms with van der Waals surface area (Å²) in [5, 5.41) is 65.1. The minimum Gasteiger partial charge on any atom is -0.508 e. The molecule has 2 aromatic heterocycles. The van der Waals surface area contributed by atoms with E-state index < -0.39 is 224 Å². The number of rotatable bonds is 50. The SMILES string of the molecule is CSCC[C@H](NC(=O)CNC(=O)[C@H](C)NC(=O)[C@H](CCC(N)=O)NC(=O)[C@H](Cc1c[nH]c2ccccc12)NC(=O)[C@H](C)NC(=O)[C@H](CC(C)C)NC(=O)[C@@H](N)Cc1ccc(O)cc1)C(=O)N[C@@H](CC(N)=O)C(=O)N[C@@H](CCSC)C(=O)N[C@@H](CS)C(=O)N[C@@H](CO)C(=O)N[C@@H](C)C(=O)NCC(=O)N[C@@H](Cc1c[nH]c2ccccc12)C(=O)O. The van der Waals surface area contributed by atoms with Crippen LogP contribution in [0.5, 0.6) is 5.75 Å². The summed E-state index contributed by atoms with van der Waals surface area (Å²) in [6, 6.07) is 1.22. The molecule has 0 spiro atoms. The van der Waals surface area contributed by atoms with E-state index in [4.69, 9.17) is 17.2 Å². The van der Waals surface area contributed by atoms with Crippen molar-refractivity contribution in [2.45, 2.75) is 171 Å². The Morgan fingerprint density at radius 3 is 1.31 bits per heavy atom. The number of phenolic OH excluding ortho intramolecular Hbond substituents is 1. The number of thioether (sulfide) groups is 2. The van der Waals surface area contributed by atoms with Gasteiger partial charge in [0.25, 0.3) is 0 Å². The lowest BCUT2D eigenvalue weighted by Gasteiger charge is -2.26. The number of phenols is 1. The van der Waals surface area contributed by atoms with Crippen molar-refractivity contribution in [1.82, 2.24) is 84.4 Å². The number of hydrogen-bond donors (Lipinski definition) is 23. The first kappa shape index (κ1) is 96.1. The molecule has 5 aromatic rings. The highest BCUT2D eigenvalue weighted by Crippen LogP contribution is 2.22. The number of aromatic amines is 2. The van der Waals surface area contributed by atoms with Crippen LogP contribution in [0.4, 0.5) is 0 Å². The molecule has 0 aliphatic heterocycles. The molecule has 3 aromatic carbocycles. The molecule has 0 saturated heterocycles. The number of carboxylic acid groups (broad SMARTS) is 1. The van der Waals surface area contributed by atoms with Gasteiger partial charge in [-0.2, -0.15) is 36.2 Å². The number of nitrogens with one attached hydrogen (secondary N) is 16. The van der Waals surface area contributed by atoms with Gasteiger partial charge >= 0.3 is 5.97 Å². The molecular formula is C75H105N19O20S3. The number of amides is 16. The molecule has 117 heavy (non-hydrogen) atoms. The van der Waals surface area contributed by atoms with Crippen molar-refractivity contribution < 1.29 is 96.8 Å². The lowest BCUT2D eigenvalue weighted by atomic mass is 10.0. The minimum atomic E-state index is -1.80. The molecule has 0 saturated carbocycles. The molecule has 13 atom stereocenters. The van der Waals surface area contributed by atoms with Crippen LogP contribution in [-0.4, -0.2) is 254 Å². The first-order valence-electron chi connectivity index (χ1n) is 37.3. The second-order valence-corrected chi connectivity index (χ2v) is 30.3. The Kier molecular flexibility index (Phi) is 39.5. The summed E-state index contributed by atoms with van der Waals surface area (Å²) in [4.78, 5) is 235. The van der Waals surface area contributed by atoms with Gasteiger partial charge in [0.05, 0.1) is 32.2 Å². The number of aliphatic carboxylic acids is 1. The Morgan fingerprint density at radius 2 is 0.829 bits per heavy atom. The number of aliphatic hydroxyl groups is 1. The molecule has 0 aliphatic rings. The van der Waals surface area contributed by atoms with E-state index in [9.17, 15) is 96.8 Å². The standard InChI is InChI=1S/C75H105N19O20S3/c1-37(2)26-53(91-66(104)47(76)27-41-16-18-44(96)19-17-41)70(108)85-40(5)65(103)90-54(28-42-31-79-48-14-10-8-12-45(42)48)71(109)88-50(20-21-59(77)97)67(105)83-38(3)63(101)81-33-61(99)86-51(22-24-116-6)68(106)92-55(30-60(78)98)72(110)89-52(23-25-117-7)69(107)94-58(36-115)74(112)93-57(35-95)73(111)84-39(4)64(102)82-34-62(100)87-56(75(113)114)29-43-32-80-49-15-11-9-13-46(43)49/h8-19,31-32,37-40,47,50-58,79-80,95-96,115H,20-30,33-36,76H2,1-7H3,(H2,77,97)(H2,78,98)(H,81,101)(H,82,102)(H,83,105)(H,84,111)(H,85,108)(H,86,99)(H,87,100)(H,88,109)(H,89,110)(H,90,103)(H,91,104)(H,92,106)(H,93,112)(H,94,107)(H,113,114)/t38-,39-,40-,47-,50-,51-,52-,53-,54-,55-,56-,57-,58-/m0/s1. The van der Waals surface area contributed by atoms with Crippen LogP contribution < -0.4 is 91.6 Å². The Morgan fingerprint density at radius 1 is 0.436 bits per heavy atom. The van der Waals surface area contributed by atoms with Gasteiger partial charge in [-0.3, -0.25) is 76.7 Å². The molecule has 638 valence electrons. The monoisotopic (exact) mass is 1690 g/mol. The molecule has 2 heterocycles. The van der Waals surface area contributed by atoms with Gasteiger partial charge in [-0.05, 0) is 124 Å². The quantitative estimate of drug-likeness (QED) is 0.0163. The Bertz CT molecular complexity index is 4340. The molecule has 16 amide bonds. The third-order valence-corrected chi connectivity index (χ3v) is 19.8. The van der Waals surface area contributed by atoms with E-state index in [1.54, 1.807) is 85.6 Å². The number of thiol groups is 1. The fourth-order valence-electron chi connectivity index (χ4n) is 11.7. The number of primary amides is 2. The fraction of sp³-hybridized carbons (Fsp3) is 0.480. The third-order valence-electron chi connectivity index (χ3n) is 18.1. The number of aliphatic hydroxyl groups excluding tert-OH is 1. The van der Waals surface area contributed by atoms with E-state index in [-0.39, 0.29) is 61.7 Å². The Balaban J connectivity index is 1.18. The number of benzene rings is 3. The zero-order valence-electron chi connectivity index (χ0n) is 65.6. The van der Waals surface area contributed by atoms with Gasteiger partial charge in [-0.15, -0.1) is 0 Å². The zero-order valence-corrected chi connectivity index (χ0v) is 68.1. The number of aromatic nitrogens is 2. The second kappa shape index (κ2) is 48.1. The first-order valence-corrected chi connectivity index (χ1v) is 40.7. The Hall–Kier alpha value is -11.5. The fourth-order valence-corrected chi connectivity index (χ4v) is 12.9. The summed E-state index contributed by atoms with van der Waals surface area (Å²) in [6.45, 7) is 4.84. The zero-order chi connectivity index (χ0) is 86.8. The van der Waals surface area contributed by atoms with Crippen molar-refractivity contribution in [2.24, 2.45) is 23.1 Å². The largest absolute Gasteiger partial charge is 0.508 e. The molecule has 0 bridgehead atoms. The smallest absolute Gasteiger partial charge is 0.326 e. The van der Waals surface area contributed by atoms with E-state index in [1.807, 2.05) is 13.8 Å². The van der Waals surface area contributed by atoms with Gasteiger partial charge in [-0.1, -0.05) is 62.4 Å². The number of fused-ring (bicyclic) bond motifs is 2. The highest BCUT2D eigenvalue weighted by molar-refractivity contribution is 7.98. The van der Waals surface area contributed by atoms with Crippen LogP contribution in [0, 0.1) is 5.92 Å². The van der Waals surface area contributed by atoms with E-state index >= 15 is 0 Å². The van der Waals surface area contributed by atoms with Crippen LogP contribution in [0.3, 0.4) is 0 Å². The maximum Gasteiger partial charge on any atom is 0.326 e. The lowest BCUT2D eigenvalue weighted by Crippen LogP contribution is -2.61. The van der Waals surface area contributed by atoms with Crippen molar-refractivity contribution >= 4 is 158 Å². The predicted molar refractivity (Wildman–Crippen MR) is 436 cm³/mol. The molecule has 0 aliphatic carbocycles. The van der Waals surface area contributed by atoms with Crippen LogP contribution in [0.2, 0.25) is 0 Å². The number of carbonyl (C=O) groups is 17. The number of hydrogen-bond acceptors (Lipinski definition) is 23. The van der Waals surface area contributed by atoms with Crippen LogP contribution in [0.15, 0.2) is 85.2 Å². The normalized spacial score (nSPS) is 14.5. The summed E-state index contributed by atoms with van der Waals surface area (Å²) in [5.74, 6) is -16.7. The van der Waals surface area contributed by atoms with Crippen molar-refractivity contribution in [3.8, 4) is 5.75 Å². The topological polar surface area (TPSA) is 629 Å². The molecule has 0 fully saturated rings. The van der Waals surface area contributed by atoms with Crippen molar-refractivity contribution in [2.75, 3.05) is 49.5 Å². The van der Waals surface area contributed by atoms with E-state index in [2.05, 4.69) is 97.0 Å².